The Bertz CT molecular complexity index is 1070. The molecule has 0 spiro atoms. The van der Waals surface area contributed by atoms with Crippen molar-refractivity contribution in [3.05, 3.63) is 61.0 Å². The number of hydrogen-bond donors (Lipinski definition) is 1. The van der Waals surface area contributed by atoms with Crippen LogP contribution in [0, 0.1) is 17.0 Å². The molecule has 0 atom stereocenters. The molecule has 1 N–H and O–H groups in total. The summed E-state index contributed by atoms with van der Waals surface area (Å²) in [5.74, 6) is 0.196. The van der Waals surface area contributed by atoms with Crippen LogP contribution in [0.5, 0.6) is 5.75 Å². The highest BCUT2D eigenvalue weighted by atomic mass is 32.1. The zero-order valence-electron chi connectivity index (χ0n) is 14.5. The number of rotatable bonds is 6. The zero-order valence-corrected chi connectivity index (χ0v) is 15.3. The number of nitro benzene ring substituents is 1. The lowest BCUT2D eigenvalue weighted by Crippen LogP contribution is -2.13. The molecule has 3 rings (SSSR count). The van der Waals surface area contributed by atoms with Crippen LogP contribution in [-0.4, -0.2) is 27.5 Å². The summed E-state index contributed by atoms with van der Waals surface area (Å²) >= 11 is 1.09. The van der Waals surface area contributed by atoms with Crippen molar-refractivity contribution in [1.82, 2.24) is 9.97 Å². The number of aromatic amines is 1. The van der Waals surface area contributed by atoms with Gasteiger partial charge in [0.15, 0.2) is 0 Å². The Labute approximate surface area is 156 Å². The summed E-state index contributed by atoms with van der Waals surface area (Å²) in [5.41, 5.74) is 0.118. The summed E-state index contributed by atoms with van der Waals surface area (Å²) in [6, 6.07) is 5.57. The average Bonchev–Trinajstić information content (AvgIpc) is 2.97. The smallest absolute Gasteiger partial charge is 0.348 e. The van der Waals surface area contributed by atoms with Gasteiger partial charge in [-0.05, 0) is 31.5 Å². The minimum atomic E-state index is -0.503. The number of fused-ring (bicyclic) bond motifs is 1. The first-order chi connectivity index (χ1) is 12.9. The first-order valence-corrected chi connectivity index (χ1v) is 8.79. The standard InChI is InChI=1S/C17H15N3O6S/c1-3-25-17(22)14-9(2)13-15(21)18-12(19-16(13)27-14)8-26-11-6-4-10(5-7-11)20(23)24/h4-7H,3,8H2,1-2H3,(H,18,19,21). The van der Waals surface area contributed by atoms with E-state index in [-0.39, 0.29) is 30.3 Å². The van der Waals surface area contributed by atoms with Gasteiger partial charge in [-0.3, -0.25) is 14.9 Å². The van der Waals surface area contributed by atoms with E-state index in [0.29, 0.717) is 26.4 Å². The molecule has 1 aromatic carbocycles. The fourth-order valence-electron chi connectivity index (χ4n) is 2.46. The van der Waals surface area contributed by atoms with Gasteiger partial charge in [-0.2, -0.15) is 0 Å². The topological polar surface area (TPSA) is 124 Å². The van der Waals surface area contributed by atoms with Crippen LogP contribution in [0.3, 0.4) is 0 Å². The third kappa shape index (κ3) is 3.80. The molecule has 27 heavy (non-hydrogen) atoms. The van der Waals surface area contributed by atoms with Crippen LogP contribution in [0.25, 0.3) is 10.2 Å². The van der Waals surface area contributed by atoms with E-state index >= 15 is 0 Å². The molecule has 0 saturated carbocycles. The molecule has 0 fully saturated rings. The number of aromatic nitrogens is 2. The summed E-state index contributed by atoms with van der Waals surface area (Å²) in [6.45, 7) is 3.59. The van der Waals surface area contributed by atoms with Crippen molar-refractivity contribution in [3.63, 3.8) is 0 Å². The van der Waals surface area contributed by atoms with E-state index in [1.54, 1.807) is 13.8 Å². The number of carbonyl (C=O) groups excluding carboxylic acids is 1. The number of carbonyl (C=O) groups is 1. The van der Waals surface area contributed by atoms with Crippen LogP contribution in [0.15, 0.2) is 29.1 Å². The largest absolute Gasteiger partial charge is 0.486 e. The molecule has 3 aromatic rings. The molecule has 2 aromatic heterocycles. The van der Waals surface area contributed by atoms with Gasteiger partial charge in [0, 0.05) is 12.1 Å². The van der Waals surface area contributed by atoms with E-state index in [1.807, 2.05) is 0 Å². The summed E-state index contributed by atoms with van der Waals surface area (Å²) in [7, 11) is 0. The van der Waals surface area contributed by atoms with Gasteiger partial charge >= 0.3 is 5.97 Å². The van der Waals surface area contributed by atoms with Crippen molar-refractivity contribution in [2.75, 3.05) is 6.61 Å². The van der Waals surface area contributed by atoms with Gasteiger partial charge in [0.25, 0.3) is 11.2 Å². The lowest BCUT2D eigenvalue weighted by atomic mass is 10.2. The number of nitrogens with zero attached hydrogens (tertiary/aromatic N) is 2. The molecule has 0 radical (unpaired) electrons. The molecule has 0 amide bonds. The lowest BCUT2D eigenvalue weighted by molar-refractivity contribution is -0.384. The van der Waals surface area contributed by atoms with Gasteiger partial charge in [0.2, 0.25) is 0 Å². The third-order valence-corrected chi connectivity index (χ3v) is 4.90. The van der Waals surface area contributed by atoms with Crippen molar-refractivity contribution < 1.29 is 19.2 Å². The Kier molecular flexibility index (Phi) is 5.17. The second-order valence-electron chi connectivity index (χ2n) is 5.51. The summed E-state index contributed by atoms with van der Waals surface area (Å²) < 4.78 is 10.5. The van der Waals surface area contributed by atoms with Gasteiger partial charge < -0.3 is 14.5 Å². The van der Waals surface area contributed by atoms with Crippen molar-refractivity contribution in [1.29, 1.82) is 0 Å². The van der Waals surface area contributed by atoms with Crippen LogP contribution in [0.1, 0.15) is 28.0 Å². The fraction of sp³-hybridized carbons (Fsp3) is 0.235. The van der Waals surface area contributed by atoms with Crippen LogP contribution >= 0.6 is 11.3 Å². The van der Waals surface area contributed by atoms with Gasteiger partial charge in [0.05, 0.1) is 16.9 Å². The minimum absolute atomic E-state index is 0.0331. The number of non-ortho nitro benzene ring substituents is 1. The average molecular weight is 389 g/mol. The monoisotopic (exact) mass is 389 g/mol. The van der Waals surface area contributed by atoms with Crippen molar-refractivity contribution in [2.24, 2.45) is 0 Å². The number of nitrogens with one attached hydrogen (secondary N) is 1. The third-order valence-electron chi connectivity index (χ3n) is 3.73. The van der Waals surface area contributed by atoms with Crippen LogP contribution in [0.2, 0.25) is 0 Å². The molecule has 2 heterocycles. The maximum absolute atomic E-state index is 12.4. The highest BCUT2D eigenvalue weighted by Gasteiger charge is 2.20. The zero-order chi connectivity index (χ0) is 19.6. The summed E-state index contributed by atoms with van der Waals surface area (Å²) in [5, 5.41) is 11.0. The summed E-state index contributed by atoms with van der Waals surface area (Å²) in [4.78, 5) is 42.3. The van der Waals surface area contributed by atoms with Gasteiger partial charge in [0.1, 0.15) is 27.9 Å². The van der Waals surface area contributed by atoms with Gasteiger partial charge in [-0.1, -0.05) is 0 Å². The number of ether oxygens (including phenoxy) is 2. The quantitative estimate of drug-likeness (QED) is 0.390. The maximum atomic E-state index is 12.4. The SMILES string of the molecule is CCOC(=O)c1sc2nc(COc3ccc([N+](=O)[O-])cc3)[nH]c(=O)c2c1C. The van der Waals surface area contributed by atoms with E-state index < -0.39 is 10.9 Å². The number of aryl methyl sites for hydroxylation is 1. The molecule has 10 heteroatoms. The molecule has 0 unspecified atom stereocenters. The molecule has 0 bridgehead atoms. The Balaban J connectivity index is 1.84. The Morgan fingerprint density at radius 3 is 2.67 bits per heavy atom. The molecule has 0 saturated heterocycles. The first-order valence-electron chi connectivity index (χ1n) is 7.97. The van der Waals surface area contributed by atoms with Crippen LogP contribution in [-0.2, 0) is 11.3 Å². The number of H-pyrrole nitrogens is 1. The van der Waals surface area contributed by atoms with Gasteiger partial charge in [-0.25, -0.2) is 9.78 Å². The van der Waals surface area contributed by atoms with E-state index in [1.165, 1.54) is 24.3 Å². The van der Waals surface area contributed by atoms with Gasteiger partial charge in [-0.15, -0.1) is 11.3 Å². The molecular weight excluding hydrogens is 374 g/mol. The number of esters is 1. The Hall–Kier alpha value is -3.27. The predicted octanol–water partition coefficient (Wildman–Crippen LogP) is 2.96. The molecule has 9 nitrogen and oxygen atoms in total. The second-order valence-corrected chi connectivity index (χ2v) is 6.51. The number of hydrogen-bond acceptors (Lipinski definition) is 8. The van der Waals surface area contributed by atoms with Crippen molar-refractivity contribution >= 4 is 33.2 Å². The fourth-order valence-corrected chi connectivity index (χ4v) is 3.56. The van der Waals surface area contributed by atoms with E-state index in [0.717, 1.165) is 11.3 Å². The Morgan fingerprint density at radius 2 is 2.04 bits per heavy atom. The minimum Gasteiger partial charge on any atom is -0.486 e. The summed E-state index contributed by atoms with van der Waals surface area (Å²) in [6.07, 6.45) is 0. The van der Waals surface area contributed by atoms with Crippen molar-refractivity contribution in [3.8, 4) is 5.75 Å². The van der Waals surface area contributed by atoms with Crippen LogP contribution in [0.4, 0.5) is 5.69 Å². The normalized spacial score (nSPS) is 10.7. The molecule has 140 valence electrons. The van der Waals surface area contributed by atoms with E-state index in [9.17, 15) is 19.7 Å². The Morgan fingerprint density at radius 1 is 1.33 bits per heavy atom. The number of benzene rings is 1. The van der Waals surface area contributed by atoms with Crippen LogP contribution < -0.4 is 10.3 Å². The molecular formula is C17H15N3O6S. The predicted molar refractivity (Wildman–Crippen MR) is 98.4 cm³/mol. The second kappa shape index (κ2) is 7.54. The maximum Gasteiger partial charge on any atom is 0.348 e. The van der Waals surface area contributed by atoms with Crippen molar-refractivity contribution in [2.45, 2.75) is 20.5 Å². The molecule has 0 aliphatic heterocycles. The molecule has 0 aliphatic carbocycles. The van der Waals surface area contributed by atoms with E-state index in [2.05, 4.69) is 9.97 Å². The lowest BCUT2D eigenvalue weighted by Gasteiger charge is -2.05. The number of nitro groups is 1. The highest BCUT2D eigenvalue weighted by Crippen LogP contribution is 2.27. The van der Waals surface area contributed by atoms with E-state index in [4.69, 9.17) is 9.47 Å². The molecule has 0 aliphatic rings. The number of thiophene rings is 1. The first kappa shape index (κ1) is 18.5. The highest BCUT2D eigenvalue weighted by molar-refractivity contribution is 7.20.